The molecule has 4 nitrogen and oxygen atoms in total. The van der Waals surface area contributed by atoms with Crippen molar-refractivity contribution in [2.24, 2.45) is 5.73 Å². The molecular formula is C13H21N3OS. The lowest BCUT2D eigenvalue weighted by Gasteiger charge is -2.39. The molecule has 2 rings (SSSR count). The number of piperazine rings is 1. The summed E-state index contributed by atoms with van der Waals surface area (Å²) in [5.74, 6) is 0.158. The normalized spacial score (nSPS) is 21.3. The third kappa shape index (κ3) is 2.58. The Morgan fingerprint density at radius 1 is 1.56 bits per heavy atom. The fourth-order valence-electron chi connectivity index (χ4n) is 2.41. The molecule has 1 aliphatic rings. The van der Waals surface area contributed by atoms with E-state index in [-0.39, 0.29) is 11.9 Å². The molecule has 1 aromatic heterocycles. The average molecular weight is 267 g/mol. The maximum absolute atomic E-state index is 12.6. The van der Waals surface area contributed by atoms with Crippen molar-refractivity contribution in [1.82, 2.24) is 9.80 Å². The van der Waals surface area contributed by atoms with Crippen LogP contribution in [-0.4, -0.2) is 55.0 Å². The fraction of sp³-hybridized carbons (Fsp3) is 0.615. The van der Waals surface area contributed by atoms with Crippen molar-refractivity contribution in [3.63, 3.8) is 0 Å². The number of amides is 1. The quantitative estimate of drug-likeness (QED) is 0.890. The van der Waals surface area contributed by atoms with Crippen LogP contribution in [0.15, 0.2) is 11.4 Å². The van der Waals surface area contributed by atoms with Gasteiger partial charge in [-0.05, 0) is 30.5 Å². The maximum atomic E-state index is 12.6. The van der Waals surface area contributed by atoms with Crippen LogP contribution in [0.1, 0.15) is 22.2 Å². The predicted molar refractivity (Wildman–Crippen MR) is 75.1 cm³/mol. The van der Waals surface area contributed by atoms with E-state index in [9.17, 15) is 4.79 Å². The summed E-state index contributed by atoms with van der Waals surface area (Å²) in [7, 11) is 2.08. The molecule has 0 bridgehead atoms. The van der Waals surface area contributed by atoms with Crippen LogP contribution in [-0.2, 0) is 6.42 Å². The molecule has 0 saturated carbocycles. The molecule has 5 heteroatoms. The van der Waals surface area contributed by atoms with E-state index in [1.54, 1.807) is 11.3 Å². The molecule has 2 heterocycles. The van der Waals surface area contributed by atoms with Crippen LogP contribution in [0.2, 0.25) is 0 Å². The largest absolute Gasteiger partial charge is 0.331 e. The van der Waals surface area contributed by atoms with Crippen LogP contribution in [0.25, 0.3) is 0 Å². The van der Waals surface area contributed by atoms with Gasteiger partial charge in [-0.15, -0.1) is 11.3 Å². The molecule has 1 saturated heterocycles. The highest BCUT2D eigenvalue weighted by atomic mass is 32.1. The van der Waals surface area contributed by atoms with Crippen LogP contribution < -0.4 is 5.73 Å². The minimum atomic E-state index is 0.142. The van der Waals surface area contributed by atoms with E-state index >= 15 is 0 Å². The Labute approximate surface area is 112 Å². The molecule has 1 fully saturated rings. The van der Waals surface area contributed by atoms with E-state index < -0.39 is 0 Å². The van der Waals surface area contributed by atoms with Crippen molar-refractivity contribution in [1.29, 1.82) is 0 Å². The van der Waals surface area contributed by atoms with Crippen molar-refractivity contribution >= 4 is 17.2 Å². The van der Waals surface area contributed by atoms with Gasteiger partial charge in [-0.2, -0.15) is 0 Å². The molecule has 0 aromatic carbocycles. The number of carbonyl (C=O) groups excluding carboxylic acids is 1. The summed E-state index contributed by atoms with van der Waals surface area (Å²) in [5, 5.41) is 2.00. The standard InChI is InChI=1S/C13H21N3OS/c1-3-10-4-7-18-12(10)13(17)16-6-5-15(2)9-11(16)8-14/h4,7,11H,3,5-6,8-9,14H2,1-2H3. The summed E-state index contributed by atoms with van der Waals surface area (Å²) in [6.07, 6.45) is 0.908. The van der Waals surface area contributed by atoms with E-state index in [0.29, 0.717) is 6.54 Å². The smallest absolute Gasteiger partial charge is 0.264 e. The third-order valence-corrected chi connectivity index (χ3v) is 4.49. The van der Waals surface area contributed by atoms with E-state index in [2.05, 4.69) is 18.9 Å². The van der Waals surface area contributed by atoms with Gasteiger partial charge in [0.05, 0.1) is 10.9 Å². The fourth-order valence-corrected chi connectivity index (χ4v) is 3.36. The van der Waals surface area contributed by atoms with Gasteiger partial charge in [-0.3, -0.25) is 4.79 Å². The van der Waals surface area contributed by atoms with Crippen LogP contribution in [0.4, 0.5) is 0 Å². The molecule has 100 valence electrons. The Balaban J connectivity index is 2.17. The van der Waals surface area contributed by atoms with Gasteiger partial charge in [0.1, 0.15) is 0 Å². The first kappa shape index (κ1) is 13.5. The highest BCUT2D eigenvalue weighted by Crippen LogP contribution is 2.21. The van der Waals surface area contributed by atoms with Gasteiger partial charge in [0.15, 0.2) is 0 Å². The number of thiophene rings is 1. The van der Waals surface area contributed by atoms with Crippen molar-refractivity contribution in [2.45, 2.75) is 19.4 Å². The Morgan fingerprint density at radius 3 is 3.00 bits per heavy atom. The van der Waals surface area contributed by atoms with Crippen LogP contribution in [0.3, 0.4) is 0 Å². The molecule has 2 N–H and O–H groups in total. The van der Waals surface area contributed by atoms with Gasteiger partial charge in [0.25, 0.3) is 5.91 Å². The molecule has 1 aliphatic heterocycles. The second kappa shape index (κ2) is 5.82. The second-order valence-electron chi connectivity index (χ2n) is 4.78. The number of nitrogens with two attached hydrogens (primary N) is 1. The second-order valence-corrected chi connectivity index (χ2v) is 5.69. The number of hydrogen-bond donors (Lipinski definition) is 1. The maximum Gasteiger partial charge on any atom is 0.264 e. The van der Waals surface area contributed by atoms with E-state index in [1.165, 1.54) is 0 Å². The lowest BCUT2D eigenvalue weighted by molar-refractivity contribution is 0.0520. The Bertz CT molecular complexity index is 418. The molecule has 1 unspecified atom stereocenters. The SMILES string of the molecule is CCc1ccsc1C(=O)N1CCN(C)CC1CN. The van der Waals surface area contributed by atoms with Crippen molar-refractivity contribution in [3.8, 4) is 0 Å². The van der Waals surface area contributed by atoms with Gasteiger partial charge in [-0.1, -0.05) is 6.92 Å². The lowest BCUT2D eigenvalue weighted by atomic mass is 10.1. The average Bonchev–Trinajstić information content (AvgIpc) is 2.86. The predicted octanol–water partition coefficient (Wildman–Crippen LogP) is 1.03. The molecule has 0 radical (unpaired) electrons. The number of aryl methyl sites for hydroxylation is 1. The number of likely N-dealkylation sites (N-methyl/N-ethyl adjacent to an activating group) is 1. The van der Waals surface area contributed by atoms with E-state index in [0.717, 1.165) is 36.5 Å². The van der Waals surface area contributed by atoms with Gasteiger partial charge in [0, 0.05) is 26.2 Å². The van der Waals surface area contributed by atoms with Crippen molar-refractivity contribution < 1.29 is 4.79 Å². The number of nitrogens with zero attached hydrogens (tertiary/aromatic N) is 2. The summed E-state index contributed by atoms with van der Waals surface area (Å²) in [6, 6.07) is 2.19. The Hall–Kier alpha value is -0.910. The summed E-state index contributed by atoms with van der Waals surface area (Å²) < 4.78 is 0. The van der Waals surface area contributed by atoms with Gasteiger partial charge in [-0.25, -0.2) is 0 Å². The first-order chi connectivity index (χ1) is 8.67. The zero-order valence-electron chi connectivity index (χ0n) is 11.1. The number of rotatable bonds is 3. The molecule has 18 heavy (non-hydrogen) atoms. The monoisotopic (exact) mass is 267 g/mol. The van der Waals surface area contributed by atoms with Crippen LogP contribution in [0.5, 0.6) is 0 Å². The Morgan fingerprint density at radius 2 is 2.33 bits per heavy atom. The molecule has 1 aromatic rings. The minimum absolute atomic E-state index is 0.142. The van der Waals surface area contributed by atoms with Gasteiger partial charge >= 0.3 is 0 Å². The van der Waals surface area contributed by atoms with E-state index in [1.807, 2.05) is 16.3 Å². The van der Waals surface area contributed by atoms with Gasteiger partial charge < -0.3 is 15.5 Å². The first-order valence-corrected chi connectivity index (χ1v) is 7.31. The number of carbonyl (C=O) groups is 1. The topological polar surface area (TPSA) is 49.6 Å². The summed E-state index contributed by atoms with van der Waals surface area (Å²) in [4.78, 5) is 17.7. The van der Waals surface area contributed by atoms with Crippen LogP contribution >= 0.6 is 11.3 Å². The van der Waals surface area contributed by atoms with Gasteiger partial charge in [0.2, 0.25) is 0 Å². The van der Waals surface area contributed by atoms with Crippen LogP contribution in [0, 0.1) is 0 Å². The molecule has 1 amide bonds. The van der Waals surface area contributed by atoms with E-state index in [4.69, 9.17) is 5.73 Å². The molecule has 0 spiro atoms. The Kier molecular flexibility index (Phi) is 4.37. The zero-order valence-corrected chi connectivity index (χ0v) is 11.9. The zero-order chi connectivity index (χ0) is 13.1. The molecule has 0 aliphatic carbocycles. The third-order valence-electron chi connectivity index (χ3n) is 3.54. The molecular weight excluding hydrogens is 246 g/mol. The first-order valence-electron chi connectivity index (χ1n) is 6.43. The summed E-state index contributed by atoms with van der Waals surface area (Å²) in [6.45, 7) is 5.19. The minimum Gasteiger partial charge on any atom is -0.331 e. The van der Waals surface area contributed by atoms with Crippen molar-refractivity contribution in [3.05, 3.63) is 21.9 Å². The highest BCUT2D eigenvalue weighted by Gasteiger charge is 2.30. The summed E-state index contributed by atoms with van der Waals surface area (Å²) in [5.41, 5.74) is 6.95. The summed E-state index contributed by atoms with van der Waals surface area (Å²) >= 11 is 1.54. The van der Waals surface area contributed by atoms with Crippen molar-refractivity contribution in [2.75, 3.05) is 33.2 Å². The highest BCUT2D eigenvalue weighted by molar-refractivity contribution is 7.12. The molecule has 1 atom stereocenters. The lowest BCUT2D eigenvalue weighted by Crippen LogP contribution is -2.56. The number of hydrogen-bond acceptors (Lipinski definition) is 4.